The molecule has 2 aromatic heterocycles. The summed E-state index contributed by atoms with van der Waals surface area (Å²) in [5.74, 6) is 5.60. The van der Waals surface area contributed by atoms with E-state index in [0.29, 0.717) is 89.3 Å². The van der Waals surface area contributed by atoms with E-state index in [1.165, 1.54) is 11.8 Å². The molecule has 0 fully saturated rings. The zero-order chi connectivity index (χ0) is 42.9. The minimum atomic E-state index is 0.188. The van der Waals surface area contributed by atoms with Crippen molar-refractivity contribution in [3.05, 3.63) is 107 Å². The SMILES string of the molecule is CCOCc1nc2c(N(Cc3ccc(OC)cc3OC)Cc3ccc(OC)cc3OC)nc(C)c(Sc3ccc(CN(C)C)cc3O)c2n1Cc1ccc(OC)cc1OC. The van der Waals surface area contributed by atoms with E-state index in [2.05, 4.69) is 14.4 Å². The first-order valence-corrected chi connectivity index (χ1v) is 20.4. The minimum absolute atomic E-state index is 0.188. The number of hydrogen-bond donors (Lipinski definition) is 1. The number of phenols is 1. The molecule has 13 nitrogen and oxygen atoms in total. The summed E-state index contributed by atoms with van der Waals surface area (Å²) in [6.07, 6.45) is 0. The monoisotopic (exact) mass is 837 g/mol. The molecular formula is C46H55N5O8S. The number of aromatic nitrogens is 3. The highest BCUT2D eigenvalue weighted by molar-refractivity contribution is 7.99. The summed E-state index contributed by atoms with van der Waals surface area (Å²) in [4.78, 5) is 16.5. The number of fused-ring (bicyclic) bond motifs is 1. The number of rotatable bonds is 20. The maximum absolute atomic E-state index is 11.4. The van der Waals surface area contributed by atoms with Crippen molar-refractivity contribution in [3.63, 3.8) is 0 Å². The molecule has 0 atom stereocenters. The van der Waals surface area contributed by atoms with E-state index in [4.69, 9.17) is 43.1 Å². The van der Waals surface area contributed by atoms with Gasteiger partial charge in [0.15, 0.2) is 5.82 Å². The molecule has 0 bridgehead atoms. The molecule has 318 valence electrons. The van der Waals surface area contributed by atoms with Gasteiger partial charge in [0.05, 0.1) is 70.2 Å². The molecule has 2 heterocycles. The quantitative estimate of drug-likeness (QED) is 0.0792. The first kappa shape index (κ1) is 43.7. The Labute approximate surface area is 356 Å². The molecule has 1 N–H and O–H groups in total. The Hall–Kier alpha value is -5.83. The molecule has 0 unspecified atom stereocenters. The van der Waals surface area contributed by atoms with Gasteiger partial charge >= 0.3 is 0 Å². The van der Waals surface area contributed by atoms with Crippen molar-refractivity contribution < 1.29 is 38.3 Å². The van der Waals surface area contributed by atoms with Crippen LogP contribution in [0.1, 0.15) is 40.7 Å². The molecule has 4 aromatic carbocycles. The maximum Gasteiger partial charge on any atom is 0.157 e. The molecule has 0 aliphatic rings. The van der Waals surface area contributed by atoms with E-state index in [9.17, 15) is 5.11 Å². The summed E-state index contributed by atoms with van der Waals surface area (Å²) >= 11 is 1.46. The lowest BCUT2D eigenvalue weighted by molar-refractivity contribution is 0.126. The Kier molecular flexibility index (Phi) is 14.5. The molecule has 0 saturated heterocycles. The maximum atomic E-state index is 11.4. The van der Waals surface area contributed by atoms with Gasteiger partial charge in [-0.3, -0.25) is 0 Å². The van der Waals surface area contributed by atoms with Crippen molar-refractivity contribution in [2.45, 2.75) is 56.4 Å². The molecule has 6 aromatic rings. The number of ether oxygens (including phenoxy) is 7. The number of hydrogen-bond acceptors (Lipinski definition) is 13. The van der Waals surface area contributed by atoms with Gasteiger partial charge in [-0.2, -0.15) is 0 Å². The third-order valence-electron chi connectivity index (χ3n) is 10.1. The van der Waals surface area contributed by atoms with Crippen LogP contribution in [0.25, 0.3) is 11.0 Å². The van der Waals surface area contributed by atoms with Crippen LogP contribution in [0.5, 0.6) is 40.2 Å². The summed E-state index contributed by atoms with van der Waals surface area (Å²) in [5, 5.41) is 11.4. The van der Waals surface area contributed by atoms with Crippen LogP contribution in [0.4, 0.5) is 5.82 Å². The number of benzene rings is 4. The molecule has 0 aliphatic carbocycles. The first-order chi connectivity index (χ1) is 29.0. The summed E-state index contributed by atoms with van der Waals surface area (Å²) in [7, 11) is 13.9. The number of aromatic hydroxyl groups is 1. The highest BCUT2D eigenvalue weighted by atomic mass is 32.2. The molecule has 0 amide bonds. The number of imidazole rings is 1. The molecular weight excluding hydrogens is 783 g/mol. The third kappa shape index (κ3) is 9.78. The lowest BCUT2D eigenvalue weighted by Gasteiger charge is -2.27. The lowest BCUT2D eigenvalue weighted by atomic mass is 10.1. The fourth-order valence-electron chi connectivity index (χ4n) is 7.09. The van der Waals surface area contributed by atoms with Crippen LogP contribution >= 0.6 is 11.8 Å². The molecule has 14 heteroatoms. The second-order valence-corrected chi connectivity index (χ2v) is 15.4. The minimum Gasteiger partial charge on any atom is -0.507 e. The van der Waals surface area contributed by atoms with Crippen LogP contribution in [0.3, 0.4) is 0 Å². The summed E-state index contributed by atoms with van der Waals surface area (Å²) in [6.45, 7) is 6.58. The highest BCUT2D eigenvalue weighted by Crippen LogP contribution is 2.44. The van der Waals surface area contributed by atoms with Crippen molar-refractivity contribution in [1.29, 1.82) is 0 Å². The predicted molar refractivity (Wildman–Crippen MR) is 235 cm³/mol. The molecule has 0 aliphatic heterocycles. The average Bonchev–Trinajstić information content (AvgIpc) is 3.61. The molecule has 6 rings (SSSR count). The molecule has 0 spiro atoms. The van der Waals surface area contributed by atoms with Crippen LogP contribution in [0.2, 0.25) is 0 Å². The van der Waals surface area contributed by atoms with Crippen molar-refractivity contribution in [3.8, 4) is 40.2 Å². The van der Waals surface area contributed by atoms with Gasteiger partial charge in [0.1, 0.15) is 58.2 Å². The van der Waals surface area contributed by atoms with Gasteiger partial charge in [0.2, 0.25) is 0 Å². The Balaban J connectivity index is 1.63. The van der Waals surface area contributed by atoms with Crippen LogP contribution in [-0.4, -0.2) is 87.9 Å². The van der Waals surface area contributed by atoms with E-state index >= 15 is 0 Å². The van der Waals surface area contributed by atoms with Crippen molar-refractivity contribution in [2.75, 3.05) is 68.3 Å². The summed E-state index contributed by atoms with van der Waals surface area (Å²) < 4.78 is 42.6. The average molecular weight is 838 g/mol. The largest absolute Gasteiger partial charge is 0.507 e. The van der Waals surface area contributed by atoms with Gasteiger partial charge < -0.3 is 52.6 Å². The third-order valence-corrected chi connectivity index (χ3v) is 11.3. The van der Waals surface area contributed by atoms with Gasteiger partial charge in [-0.15, -0.1) is 0 Å². The van der Waals surface area contributed by atoms with E-state index in [-0.39, 0.29) is 12.4 Å². The zero-order valence-corrected chi connectivity index (χ0v) is 36.9. The Morgan fingerprint density at radius 3 is 1.72 bits per heavy atom. The molecule has 0 saturated carbocycles. The van der Waals surface area contributed by atoms with E-state index in [1.54, 1.807) is 42.7 Å². The number of pyridine rings is 1. The fraction of sp³-hybridized carbons (Fsp3) is 0.348. The van der Waals surface area contributed by atoms with Crippen LogP contribution in [0, 0.1) is 6.92 Å². The summed E-state index contributed by atoms with van der Waals surface area (Å²) in [6, 6.07) is 23.2. The number of nitrogens with zero attached hydrogens (tertiary/aromatic N) is 5. The van der Waals surface area contributed by atoms with E-state index in [0.717, 1.165) is 38.4 Å². The standard InChI is InChI=1S/C46H55N5O8S/c1-11-59-28-42-48-43-44(51(42)27-33-15-18-36(55-7)23-40(33)58-10)45(60-41-19-12-30(20-37(41)52)24-49(3)4)29(2)47-46(43)50(25-31-13-16-34(53-5)21-38(31)56-8)26-32-14-17-35(54-6)22-39(32)57-9/h12-23,52H,11,24-28H2,1-10H3. The van der Waals surface area contributed by atoms with Crippen LogP contribution in [-0.2, 0) is 37.5 Å². The van der Waals surface area contributed by atoms with Crippen LogP contribution < -0.4 is 33.3 Å². The Morgan fingerprint density at radius 2 is 1.22 bits per heavy atom. The topological polar surface area (TPSA) is 122 Å². The van der Waals surface area contributed by atoms with E-state index < -0.39 is 0 Å². The smallest absolute Gasteiger partial charge is 0.157 e. The van der Waals surface area contributed by atoms with Crippen LogP contribution in [0.15, 0.2) is 82.6 Å². The second kappa shape index (κ2) is 19.9. The van der Waals surface area contributed by atoms with E-state index in [1.807, 2.05) is 101 Å². The lowest BCUT2D eigenvalue weighted by Crippen LogP contribution is -2.25. The van der Waals surface area contributed by atoms with Gasteiger partial charge in [-0.25, -0.2) is 9.97 Å². The second-order valence-electron chi connectivity index (χ2n) is 14.3. The van der Waals surface area contributed by atoms with Gasteiger partial charge in [0.25, 0.3) is 0 Å². The van der Waals surface area contributed by atoms with Crippen molar-refractivity contribution >= 4 is 28.6 Å². The molecule has 0 radical (unpaired) electrons. The number of methoxy groups -OCH3 is 6. The number of phenolic OH excluding ortho intramolecular Hbond substituents is 1. The summed E-state index contributed by atoms with van der Waals surface area (Å²) in [5.41, 5.74) is 5.99. The first-order valence-electron chi connectivity index (χ1n) is 19.5. The number of anilines is 1. The van der Waals surface area contributed by atoms with Gasteiger partial charge in [-0.05, 0) is 82.0 Å². The highest BCUT2D eigenvalue weighted by Gasteiger charge is 2.27. The Bertz CT molecular complexity index is 2360. The van der Waals surface area contributed by atoms with Crippen molar-refractivity contribution in [2.24, 2.45) is 0 Å². The van der Waals surface area contributed by atoms with Gasteiger partial charge in [0, 0.05) is 61.1 Å². The van der Waals surface area contributed by atoms with Gasteiger partial charge in [-0.1, -0.05) is 17.8 Å². The predicted octanol–water partition coefficient (Wildman–Crippen LogP) is 8.50. The zero-order valence-electron chi connectivity index (χ0n) is 36.1. The normalized spacial score (nSPS) is 11.2. The molecule has 60 heavy (non-hydrogen) atoms. The fourth-order valence-corrected chi connectivity index (χ4v) is 8.11. The van der Waals surface area contributed by atoms with Crippen molar-refractivity contribution in [1.82, 2.24) is 19.4 Å². The number of aryl methyl sites for hydroxylation is 1. The Morgan fingerprint density at radius 1 is 0.667 bits per heavy atom.